The summed E-state index contributed by atoms with van der Waals surface area (Å²) in [5, 5.41) is 3.12. The number of carbonyl (C=O) groups excluding carboxylic acids is 1. The standard InChI is InChI=1S/C13H17NO4/c1-4-16-12(15)13(2,3)14-9-5-6-10-11(7-9)18-8-17-10/h5-7,14H,4,8H2,1-3H3. The zero-order valence-corrected chi connectivity index (χ0v) is 10.8. The first-order valence-electron chi connectivity index (χ1n) is 5.88. The van der Waals surface area contributed by atoms with E-state index in [2.05, 4.69) is 5.32 Å². The summed E-state index contributed by atoms with van der Waals surface area (Å²) in [6.45, 7) is 5.94. The second-order valence-electron chi connectivity index (χ2n) is 4.54. The van der Waals surface area contributed by atoms with Gasteiger partial charge in [0.15, 0.2) is 11.5 Å². The van der Waals surface area contributed by atoms with Crippen LogP contribution in [0, 0.1) is 0 Å². The molecule has 1 aromatic carbocycles. The van der Waals surface area contributed by atoms with Crippen LogP contribution in [0.25, 0.3) is 0 Å². The van der Waals surface area contributed by atoms with Crippen LogP contribution in [0.4, 0.5) is 5.69 Å². The highest BCUT2D eigenvalue weighted by Gasteiger charge is 2.29. The number of hydrogen-bond donors (Lipinski definition) is 1. The van der Waals surface area contributed by atoms with E-state index < -0.39 is 5.54 Å². The molecule has 0 unspecified atom stereocenters. The van der Waals surface area contributed by atoms with Crippen molar-refractivity contribution in [3.05, 3.63) is 18.2 Å². The summed E-state index contributed by atoms with van der Waals surface area (Å²) in [4.78, 5) is 11.8. The van der Waals surface area contributed by atoms with Crippen LogP contribution >= 0.6 is 0 Å². The maximum atomic E-state index is 11.8. The van der Waals surface area contributed by atoms with Crippen molar-refractivity contribution < 1.29 is 19.0 Å². The van der Waals surface area contributed by atoms with Gasteiger partial charge in [0, 0.05) is 11.8 Å². The van der Waals surface area contributed by atoms with Crippen molar-refractivity contribution in [3.8, 4) is 11.5 Å². The molecule has 18 heavy (non-hydrogen) atoms. The van der Waals surface area contributed by atoms with Gasteiger partial charge in [-0.3, -0.25) is 0 Å². The number of hydrogen-bond acceptors (Lipinski definition) is 5. The first-order chi connectivity index (χ1) is 8.53. The molecule has 0 fully saturated rings. The van der Waals surface area contributed by atoms with E-state index in [4.69, 9.17) is 14.2 Å². The van der Waals surface area contributed by atoms with Gasteiger partial charge >= 0.3 is 5.97 Å². The molecule has 5 heteroatoms. The van der Waals surface area contributed by atoms with E-state index in [9.17, 15) is 4.79 Å². The Morgan fingerprint density at radius 3 is 2.83 bits per heavy atom. The predicted molar refractivity (Wildman–Crippen MR) is 66.9 cm³/mol. The van der Waals surface area contributed by atoms with Gasteiger partial charge in [0.05, 0.1) is 6.61 Å². The fourth-order valence-electron chi connectivity index (χ4n) is 1.70. The monoisotopic (exact) mass is 251 g/mol. The number of fused-ring (bicyclic) bond motifs is 1. The van der Waals surface area contributed by atoms with Crippen molar-refractivity contribution >= 4 is 11.7 Å². The molecule has 0 saturated carbocycles. The van der Waals surface area contributed by atoms with Gasteiger partial charge < -0.3 is 19.5 Å². The van der Waals surface area contributed by atoms with Crippen molar-refractivity contribution in [2.75, 3.05) is 18.7 Å². The average Bonchev–Trinajstić information content (AvgIpc) is 2.76. The molecule has 1 aliphatic rings. The molecule has 1 aromatic rings. The van der Waals surface area contributed by atoms with Gasteiger partial charge in [0.25, 0.3) is 0 Å². The second-order valence-corrected chi connectivity index (χ2v) is 4.54. The Kier molecular flexibility index (Phi) is 3.32. The minimum absolute atomic E-state index is 0.236. The molecular weight excluding hydrogens is 234 g/mol. The molecule has 0 saturated heterocycles. The second kappa shape index (κ2) is 4.76. The Labute approximate surface area is 106 Å². The maximum absolute atomic E-state index is 11.8. The summed E-state index contributed by atoms with van der Waals surface area (Å²) in [7, 11) is 0. The molecule has 1 heterocycles. The number of carbonyl (C=O) groups is 1. The number of benzene rings is 1. The van der Waals surface area contributed by atoms with Gasteiger partial charge in [-0.2, -0.15) is 0 Å². The lowest BCUT2D eigenvalue weighted by Crippen LogP contribution is -2.41. The minimum atomic E-state index is -0.788. The third kappa shape index (κ3) is 2.50. The molecule has 0 atom stereocenters. The van der Waals surface area contributed by atoms with Gasteiger partial charge in [-0.05, 0) is 32.9 Å². The molecule has 0 radical (unpaired) electrons. The van der Waals surface area contributed by atoms with Crippen LogP contribution in [-0.2, 0) is 9.53 Å². The van der Waals surface area contributed by atoms with E-state index in [1.807, 2.05) is 18.2 Å². The van der Waals surface area contributed by atoms with E-state index in [-0.39, 0.29) is 12.8 Å². The van der Waals surface area contributed by atoms with Crippen LogP contribution in [0.2, 0.25) is 0 Å². The highest BCUT2D eigenvalue weighted by atomic mass is 16.7. The Morgan fingerprint density at radius 1 is 1.39 bits per heavy atom. The summed E-state index contributed by atoms with van der Waals surface area (Å²) >= 11 is 0. The Bertz CT molecular complexity index is 456. The Morgan fingerprint density at radius 2 is 2.11 bits per heavy atom. The average molecular weight is 251 g/mol. The molecule has 0 aromatic heterocycles. The molecule has 1 aliphatic heterocycles. The van der Waals surface area contributed by atoms with Crippen LogP contribution in [0.1, 0.15) is 20.8 Å². The molecule has 98 valence electrons. The Hall–Kier alpha value is -1.91. The summed E-state index contributed by atoms with van der Waals surface area (Å²) in [5.41, 5.74) is 0.00118. The van der Waals surface area contributed by atoms with Gasteiger partial charge in [-0.25, -0.2) is 4.79 Å². The zero-order valence-electron chi connectivity index (χ0n) is 10.8. The number of anilines is 1. The number of ether oxygens (including phenoxy) is 3. The van der Waals surface area contributed by atoms with E-state index in [0.29, 0.717) is 12.4 Å². The zero-order chi connectivity index (χ0) is 13.2. The predicted octanol–water partition coefficient (Wildman–Crippen LogP) is 2.17. The summed E-state index contributed by atoms with van der Waals surface area (Å²) in [5.74, 6) is 1.11. The molecule has 1 N–H and O–H groups in total. The van der Waals surface area contributed by atoms with Gasteiger partial charge in [0.2, 0.25) is 6.79 Å². The van der Waals surface area contributed by atoms with Crippen LogP contribution in [-0.4, -0.2) is 24.9 Å². The van der Waals surface area contributed by atoms with Crippen LogP contribution in [0.5, 0.6) is 11.5 Å². The molecule has 0 bridgehead atoms. The van der Waals surface area contributed by atoms with Crippen LogP contribution < -0.4 is 14.8 Å². The highest BCUT2D eigenvalue weighted by molar-refractivity contribution is 5.83. The highest BCUT2D eigenvalue weighted by Crippen LogP contribution is 2.35. The lowest BCUT2D eigenvalue weighted by atomic mass is 10.1. The van der Waals surface area contributed by atoms with Gasteiger partial charge in [-0.15, -0.1) is 0 Å². The van der Waals surface area contributed by atoms with Crippen molar-refractivity contribution in [3.63, 3.8) is 0 Å². The lowest BCUT2D eigenvalue weighted by molar-refractivity contribution is -0.147. The smallest absolute Gasteiger partial charge is 0.331 e. The molecule has 0 spiro atoms. The third-order valence-electron chi connectivity index (χ3n) is 2.62. The van der Waals surface area contributed by atoms with Crippen molar-refractivity contribution in [2.24, 2.45) is 0 Å². The normalized spacial score (nSPS) is 13.3. The SMILES string of the molecule is CCOC(=O)C(C)(C)Nc1ccc2c(c1)OCO2. The number of nitrogens with one attached hydrogen (secondary N) is 1. The van der Waals surface area contributed by atoms with Crippen molar-refractivity contribution in [1.29, 1.82) is 0 Å². The van der Waals surface area contributed by atoms with Gasteiger partial charge in [-0.1, -0.05) is 0 Å². The maximum Gasteiger partial charge on any atom is 0.331 e. The van der Waals surface area contributed by atoms with Crippen LogP contribution in [0.3, 0.4) is 0 Å². The van der Waals surface area contributed by atoms with Gasteiger partial charge in [0.1, 0.15) is 5.54 Å². The van der Waals surface area contributed by atoms with Crippen molar-refractivity contribution in [1.82, 2.24) is 0 Å². The Balaban J connectivity index is 2.11. The van der Waals surface area contributed by atoms with E-state index >= 15 is 0 Å². The molecule has 0 aliphatic carbocycles. The lowest BCUT2D eigenvalue weighted by Gasteiger charge is -2.25. The first kappa shape index (κ1) is 12.5. The third-order valence-corrected chi connectivity index (χ3v) is 2.62. The van der Waals surface area contributed by atoms with Crippen LogP contribution in [0.15, 0.2) is 18.2 Å². The summed E-state index contributed by atoms with van der Waals surface area (Å²) < 4.78 is 15.5. The molecule has 0 amide bonds. The molecular formula is C13H17NO4. The number of esters is 1. The number of rotatable bonds is 4. The largest absolute Gasteiger partial charge is 0.464 e. The summed E-state index contributed by atoms with van der Waals surface area (Å²) in [6.07, 6.45) is 0. The topological polar surface area (TPSA) is 56.8 Å². The minimum Gasteiger partial charge on any atom is -0.464 e. The molecule has 2 rings (SSSR count). The van der Waals surface area contributed by atoms with E-state index in [0.717, 1.165) is 11.4 Å². The van der Waals surface area contributed by atoms with E-state index in [1.165, 1.54) is 0 Å². The van der Waals surface area contributed by atoms with E-state index in [1.54, 1.807) is 20.8 Å². The van der Waals surface area contributed by atoms with Crippen molar-refractivity contribution in [2.45, 2.75) is 26.3 Å². The first-order valence-corrected chi connectivity index (χ1v) is 5.88. The fraction of sp³-hybridized carbons (Fsp3) is 0.462. The quantitative estimate of drug-likeness (QED) is 0.831. The molecule has 5 nitrogen and oxygen atoms in total. The summed E-state index contributed by atoms with van der Waals surface area (Å²) in [6, 6.07) is 5.46. The fourth-order valence-corrected chi connectivity index (χ4v) is 1.70.